The van der Waals surface area contributed by atoms with Crippen LogP contribution in [0.5, 0.6) is 5.75 Å². The summed E-state index contributed by atoms with van der Waals surface area (Å²) in [5, 5.41) is 5.66. The Hall–Kier alpha value is -2.40. The lowest BCUT2D eigenvalue weighted by Crippen LogP contribution is -2.49. The third kappa shape index (κ3) is 6.38. The molecule has 0 unspecified atom stereocenters. The minimum atomic E-state index is -0.507. The number of nitrogens with one attached hydrogen (secondary N) is 2. The maximum absolute atomic E-state index is 13.2. The van der Waals surface area contributed by atoms with Gasteiger partial charge in [-0.05, 0) is 31.0 Å². The molecule has 10 nitrogen and oxygen atoms in total. The molecule has 0 saturated carbocycles. The molecule has 1 aromatic carbocycles. The molecule has 3 aliphatic heterocycles. The number of hydrogen-bond donors (Lipinski definition) is 2. The number of imide groups is 1. The van der Waals surface area contributed by atoms with Crippen molar-refractivity contribution in [3.63, 3.8) is 0 Å². The van der Waals surface area contributed by atoms with Crippen LogP contribution in [0.1, 0.15) is 29.6 Å². The maximum Gasteiger partial charge on any atom is 0.328 e. The van der Waals surface area contributed by atoms with Crippen molar-refractivity contribution in [2.75, 3.05) is 71.0 Å². The van der Waals surface area contributed by atoms with E-state index in [1.165, 1.54) is 12.0 Å². The number of urea groups is 1. The Labute approximate surface area is 206 Å². The molecule has 1 aromatic rings. The zero-order chi connectivity index (χ0) is 23.2. The highest BCUT2D eigenvalue weighted by molar-refractivity contribution is 6.07. The molecule has 2 N–H and O–H groups in total. The monoisotopic (exact) mass is 495 g/mol. The SMILES string of the molecule is COc1ccc(C(=O)N2CCC(OCCN3CCNCC3)CC2)cc1N1CCC(=O)NC1=O.Cl. The second-order valence-corrected chi connectivity index (χ2v) is 8.60. The minimum absolute atomic E-state index is 0. The van der Waals surface area contributed by atoms with E-state index < -0.39 is 6.03 Å². The normalized spacial score (nSPS) is 20.0. The lowest BCUT2D eigenvalue weighted by molar-refractivity contribution is -0.120. The standard InChI is InChI=1S/C23H33N5O5.ClH/c1-32-20-3-2-17(16-19(20)28-11-6-21(29)25-23(28)31)22(30)27-9-4-18(5-10-27)33-15-14-26-12-7-24-8-13-26;/h2-3,16,18,24H,4-15H2,1H3,(H,25,29,31);1H. The second-order valence-electron chi connectivity index (χ2n) is 8.60. The van der Waals surface area contributed by atoms with Crippen LogP contribution in [0, 0.1) is 0 Å². The van der Waals surface area contributed by atoms with Gasteiger partial charge in [-0.25, -0.2) is 4.79 Å². The summed E-state index contributed by atoms with van der Waals surface area (Å²) in [6, 6.07) is 4.58. The number of nitrogens with zero attached hydrogens (tertiary/aromatic N) is 3. The van der Waals surface area contributed by atoms with E-state index >= 15 is 0 Å². The Morgan fingerprint density at radius 1 is 1.09 bits per heavy atom. The van der Waals surface area contributed by atoms with Crippen LogP contribution in [0.3, 0.4) is 0 Å². The first kappa shape index (κ1) is 26.2. The number of methoxy groups -OCH3 is 1. The van der Waals surface area contributed by atoms with Crippen molar-refractivity contribution < 1.29 is 23.9 Å². The molecule has 0 radical (unpaired) electrons. The van der Waals surface area contributed by atoms with Crippen LogP contribution in [0.4, 0.5) is 10.5 Å². The highest BCUT2D eigenvalue weighted by atomic mass is 35.5. The molecule has 0 spiro atoms. The van der Waals surface area contributed by atoms with Gasteiger partial charge in [0.1, 0.15) is 5.75 Å². The lowest BCUT2D eigenvalue weighted by atomic mass is 10.1. The molecule has 3 fully saturated rings. The summed E-state index contributed by atoms with van der Waals surface area (Å²) >= 11 is 0. The minimum Gasteiger partial charge on any atom is -0.495 e. The number of likely N-dealkylation sites (tertiary alicyclic amines) is 1. The fourth-order valence-corrected chi connectivity index (χ4v) is 4.52. The van der Waals surface area contributed by atoms with Crippen LogP contribution in [0.2, 0.25) is 0 Å². The maximum atomic E-state index is 13.2. The predicted octanol–water partition coefficient (Wildman–Crippen LogP) is 1.09. The quantitative estimate of drug-likeness (QED) is 0.583. The Bertz CT molecular complexity index is 871. The zero-order valence-corrected chi connectivity index (χ0v) is 20.4. The number of carbonyl (C=O) groups is 3. The molecule has 188 valence electrons. The average molecular weight is 496 g/mol. The summed E-state index contributed by atoms with van der Waals surface area (Å²) in [6.45, 7) is 7.39. The molecule has 0 aliphatic carbocycles. The van der Waals surface area contributed by atoms with Gasteiger partial charge in [0.2, 0.25) is 5.91 Å². The summed E-state index contributed by atoms with van der Waals surface area (Å²) in [5.74, 6) is 0.0970. The van der Waals surface area contributed by atoms with Crippen LogP contribution in [0.25, 0.3) is 0 Å². The molecule has 34 heavy (non-hydrogen) atoms. The third-order valence-electron chi connectivity index (χ3n) is 6.47. The average Bonchev–Trinajstić information content (AvgIpc) is 2.84. The smallest absolute Gasteiger partial charge is 0.328 e. The molecule has 3 heterocycles. The Balaban J connectivity index is 0.00000324. The summed E-state index contributed by atoms with van der Waals surface area (Å²) in [6.07, 6.45) is 2.01. The molecule has 4 amide bonds. The Morgan fingerprint density at radius 3 is 2.50 bits per heavy atom. The van der Waals surface area contributed by atoms with E-state index in [-0.39, 0.29) is 43.3 Å². The van der Waals surface area contributed by atoms with Gasteiger partial charge in [0.05, 0.1) is 25.5 Å². The van der Waals surface area contributed by atoms with E-state index in [1.54, 1.807) is 18.2 Å². The fraction of sp³-hybridized carbons (Fsp3) is 0.609. The van der Waals surface area contributed by atoms with Crippen molar-refractivity contribution in [2.45, 2.75) is 25.4 Å². The summed E-state index contributed by atoms with van der Waals surface area (Å²) in [7, 11) is 1.51. The number of anilines is 1. The molecule has 0 atom stereocenters. The van der Waals surface area contributed by atoms with Crippen LogP contribution >= 0.6 is 12.4 Å². The van der Waals surface area contributed by atoms with Gasteiger partial charge in [-0.15, -0.1) is 12.4 Å². The number of halogens is 1. The van der Waals surface area contributed by atoms with Gasteiger partial charge in [-0.2, -0.15) is 0 Å². The number of piperazine rings is 1. The van der Waals surface area contributed by atoms with Crippen LogP contribution in [-0.2, 0) is 9.53 Å². The predicted molar refractivity (Wildman–Crippen MR) is 130 cm³/mol. The summed E-state index contributed by atoms with van der Waals surface area (Å²) in [4.78, 5) is 42.6. The molecule has 11 heteroatoms. The number of carbonyl (C=O) groups excluding carboxylic acids is 3. The molecular weight excluding hydrogens is 462 g/mol. The van der Waals surface area contributed by atoms with Gasteiger partial charge in [0, 0.05) is 64.3 Å². The first-order valence-corrected chi connectivity index (χ1v) is 11.7. The van der Waals surface area contributed by atoms with E-state index in [2.05, 4.69) is 15.5 Å². The molecule has 0 aromatic heterocycles. The first-order valence-electron chi connectivity index (χ1n) is 11.7. The number of benzene rings is 1. The largest absolute Gasteiger partial charge is 0.495 e. The highest BCUT2D eigenvalue weighted by Gasteiger charge is 2.29. The summed E-state index contributed by atoms with van der Waals surface area (Å²) in [5.41, 5.74) is 0.980. The van der Waals surface area contributed by atoms with Crippen molar-refractivity contribution >= 4 is 35.9 Å². The summed E-state index contributed by atoms with van der Waals surface area (Å²) < 4.78 is 11.5. The van der Waals surface area contributed by atoms with E-state index in [4.69, 9.17) is 9.47 Å². The van der Waals surface area contributed by atoms with Crippen molar-refractivity contribution in [1.82, 2.24) is 20.4 Å². The van der Waals surface area contributed by atoms with Crippen molar-refractivity contribution in [2.24, 2.45) is 0 Å². The van der Waals surface area contributed by atoms with Gasteiger partial charge in [0.15, 0.2) is 0 Å². The Kier molecular flexibility index (Phi) is 9.52. The second kappa shape index (κ2) is 12.3. The highest BCUT2D eigenvalue weighted by Crippen LogP contribution is 2.31. The third-order valence-corrected chi connectivity index (χ3v) is 6.47. The van der Waals surface area contributed by atoms with Gasteiger partial charge in [-0.1, -0.05) is 0 Å². The van der Waals surface area contributed by atoms with Gasteiger partial charge in [0.25, 0.3) is 5.91 Å². The molecule has 4 rings (SSSR count). The first-order chi connectivity index (χ1) is 16.0. The number of piperidine rings is 1. The molecule has 3 aliphatic rings. The number of ether oxygens (including phenoxy) is 2. The molecule has 0 bridgehead atoms. The van der Waals surface area contributed by atoms with Crippen molar-refractivity contribution in [3.8, 4) is 5.75 Å². The Morgan fingerprint density at radius 2 is 1.82 bits per heavy atom. The number of rotatable bonds is 7. The van der Waals surface area contributed by atoms with Crippen molar-refractivity contribution in [3.05, 3.63) is 23.8 Å². The van der Waals surface area contributed by atoms with E-state index in [0.29, 0.717) is 30.1 Å². The topological polar surface area (TPSA) is 103 Å². The van der Waals surface area contributed by atoms with E-state index in [9.17, 15) is 14.4 Å². The lowest BCUT2D eigenvalue weighted by Gasteiger charge is -2.33. The number of amides is 4. The zero-order valence-electron chi connectivity index (χ0n) is 19.6. The van der Waals surface area contributed by atoms with Gasteiger partial charge >= 0.3 is 6.03 Å². The molecule has 3 saturated heterocycles. The van der Waals surface area contributed by atoms with Crippen LogP contribution in [-0.4, -0.2) is 99.8 Å². The van der Waals surface area contributed by atoms with Gasteiger partial charge in [-0.3, -0.25) is 24.7 Å². The fourth-order valence-electron chi connectivity index (χ4n) is 4.52. The molecular formula is C23H34ClN5O5. The van der Waals surface area contributed by atoms with Gasteiger partial charge < -0.3 is 19.7 Å². The van der Waals surface area contributed by atoms with Crippen molar-refractivity contribution in [1.29, 1.82) is 0 Å². The number of hydrogen-bond acceptors (Lipinski definition) is 7. The van der Waals surface area contributed by atoms with E-state index in [0.717, 1.165) is 52.2 Å². The van der Waals surface area contributed by atoms with Crippen LogP contribution < -0.4 is 20.3 Å². The van der Waals surface area contributed by atoms with E-state index in [1.807, 2.05) is 4.90 Å². The van der Waals surface area contributed by atoms with Crippen LogP contribution in [0.15, 0.2) is 18.2 Å².